The Morgan fingerprint density at radius 1 is 1.18 bits per heavy atom. The van der Waals surface area contributed by atoms with Crippen molar-refractivity contribution in [3.63, 3.8) is 0 Å². The van der Waals surface area contributed by atoms with Crippen LogP contribution in [-0.2, 0) is 6.42 Å². The van der Waals surface area contributed by atoms with E-state index in [0.29, 0.717) is 23.6 Å². The zero-order valence-corrected chi connectivity index (χ0v) is 15.5. The van der Waals surface area contributed by atoms with Crippen molar-refractivity contribution in [2.45, 2.75) is 19.3 Å². The van der Waals surface area contributed by atoms with E-state index >= 15 is 0 Å². The zero-order chi connectivity index (χ0) is 19.3. The third-order valence-corrected chi connectivity index (χ3v) is 4.68. The summed E-state index contributed by atoms with van der Waals surface area (Å²) in [7, 11) is 0. The second-order valence-electron chi connectivity index (χ2n) is 6.67. The van der Waals surface area contributed by atoms with Crippen LogP contribution in [-0.4, -0.2) is 39.6 Å². The molecule has 2 N–H and O–H groups in total. The molecule has 1 aliphatic heterocycles. The first-order valence-corrected chi connectivity index (χ1v) is 9.30. The average molecular weight is 375 g/mol. The molecule has 3 aromatic rings. The van der Waals surface area contributed by atoms with Gasteiger partial charge in [-0.2, -0.15) is 15.5 Å². The van der Waals surface area contributed by atoms with E-state index in [0.717, 1.165) is 49.4 Å². The van der Waals surface area contributed by atoms with Crippen LogP contribution in [0.4, 0.5) is 5.82 Å². The van der Waals surface area contributed by atoms with Crippen LogP contribution >= 0.6 is 0 Å². The highest BCUT2D eigenvalue weighted by Crippen LogP contribution is 2.30. The Morgan fingerprint density at radius 2 is 2.04 bits per heavy atom. The van der Waals surface area contributed by atoms with Crippen LogP contribution in [0.2, 0.25) is 0 Å². The molecule has 4 rings (SSSR count). The summed E-state index contributed by atoms with van der Waals surface area (Å²) < 4.78 is 7.84. The normalized spacial score (nSPS) is 13.5. The fourth-order valence-electron chi connectivity index (χ4n) is 3.26. The summed E-state index contributed by atoms with van der Waals surface area (Å²) in [5.41, 5.74) is 7.92. The molecule has 8 nitrogen and oxygen atoms in total. The summed E-state index contributed by atoms with van der Waals surface area (Å²) in [5.74, 6) is 1.90. The molecule has 0 radical (unpaired) electrons. The molecule has 1 aromatic carbocycles. The van der Waals surface area contributed by atoms with Gasteiger partial charge in [0.25, 0.3) is 0 Å². The minimum Gasteiger partial charge on any atom is -0.453 e. The van der Waals surface area contributed by atoms with Crippen molar-refractivity contribution in [3.05, 3.63) is 54.0 Å². The Hall–Kier alpha value is -3.44. The fourth-order valence-corrected chi connectivity index (χ4v) is 3.26. The summed E-state index contributed by atoms with van der Waals surface area (Å²) in [4.78, 5) is 2.19. The van der Waals surface area contributed by atoms with Gasteiger partial charge in [-0.3, -0.25) is 0 Å². The summed E-state index contributed by atoms with van der Waals surface area (Å²) in [6.45, 7) is 2.51. The molecule has 142 valence electrons. The maximum absolute atomic E-state index is 9.28. The largest absolute Gasteiger partial charge is 0.453 e. The highest BCUT2D eigenvalue weighted by Gasteiger charge is 2.16. The number of hydrogen-bond donors (Lipinski definition) is 1. The van der Waals surface area contributed by atoms with E-state index in [1.165, 1.54) is 0 Å². The molecule has 0 spiro atoms. The van der Waals surface area contributed by atoms with Crippen molar-refractivity contribution in [1.29, 1.82) is 5.26 Å². The maximum Gasteiger partial charge on any atom is 0.154 e. The number of benzene rings is 1. The van der Waals surface area contributed by atoms with E-state index in [1.807, 2.05) is 18.3 Å². The number of rotatable bonds is 6. The number of nitrogens with zero attached hydrogens (tertiary/aromatic N) is 6. The predicted molar refractivity (Wildman–Crippen MR) is 105 cm³/mol. The SMILES string of the molecule is N#Cc1ccc(-n2cc(CCN)cn2)c(Oc2cnnc(N3CCCC3)c2)c1. The molecule has 0 atom stereocenters. The molecule has 2 aromatic heterocycles. The lowest BCUT2D eigenvalue weighted by molar-refractivity contribution is 0.474. The van der Waals surface area contributed by atoms with Crippen molar-refractivity contribution in [1.82, 2.24) is 20.0 Å². The molecule has 8 heteroatoms. The first kappa shape index (κ1) is 17.9. The lowest BCUT2D eigenvalue weighted by Crippen LogP contribution is -2.19. The van der Waals surface area contributed by atoms with Gasteiger partial charge in [0.05, 0.1) is 24.0 Å². The van der Waals surface area contributed by atoms with Crippen LogP contribution in [0.25, 0.3) is 5.69 Å². The van der Waals surface area contributed by atoms with Gasteiger partial charge in [0, 0.05) is 31.4 Å². The Balaban J connectivity index is 1.66. The van der Waals surface area contributed by atoms with Crippen LogP contribution in [0.1, 0.15) is 24.0 Å². The van der Waals surface area contributed by atoms with Crippen LogP contribution in [0.5, 0.6) is 11.5 Å². The second-order valence-corrected chi connectivity index (χ2v) is 6.67. The molecular formula is C20H21N7O. The number of nitrogens with two attached hydrogens (primary N) is 1. The van der Waals surface area contributed by atoms with Crippen molar-refractivity contribution < 1.29 is 4.74 Å². The van der Waals surface area contributed by atoms with Gasteiger partial charge in [0.2, 0.25) is 0 Å². The van der Waals surface area contributed by atoms with Crippen LogP contribution in [0.15, 0.2) is 42.9 Å². The van der Waals surface area contributed by atoms with Crippen molar-refractivity contribution in [3.8, 4) is 23.3 Å². The Bertz CT molecular complexity index is 1000. The molecule has 3 heterocycles. The lowest BCUT2D eigenvalue weighted by Gasteiger charge is -2.16. The van der Waals surface area contributed by atoms with Gasteiger partial charge in [-0.15, -0.1) is 5.10 Å². The standard InChI is InChI=1S/C20H21N7O/c21-6-5-16-12-24-27(14-16)18-4-3-15(11-22)9-19(18)28-17-10-20(25-23-13-17)26-7-1-2-8-26/h3-4,9-10,12-14H,1-2,5-8,21H2. The first-order valence-electron chi connectivity index (χ1n) is 9.30. The summed E-state index contributed by atoms with van der Waals surface area (Å²) >= 11 is 0. The molecule has 0 amide bonds. The van der Waals surface area contributed by atoms with Gasteiger partial charge >= 0.3 is 0 Å². The number of aromatic nitrogens is 4. The van der Waals surface area contributed by atoms with Gasteiger partial charge < -0.3 is 15.4 Å². The molecule has 0 unspecified atom stereocenters. The fraction of sp³-hybridized carbons (Fsp3) is 0.300. The Morgan fingerprint density at radius 3 is 2.82 bits per heavy atom. The predicted octanol–water partition coefficient (Wildman–Crippen LogP) is 2.43. The van der Waals surface area contributed by atoms with Gasteiger partial charge in [-0.25, -0.2) is 4.68 Å². The third-order valence-electron chi connectivity index (χ3n) is 4.68. The molecule has 0 aliphatic carbocycles. The minimum atomic E-state index is 0.509. The van der Waals surface area contributed by atoms with Crippen LogP contribution in [0.3, 0.4) is 0 Å². The highest BCUT2D eigenvalue weighted by atomic mass is 16.5. The van der Waals surface area contributed by atoms with Crippen LogP contribution in [0, 0.1) is 11.3 Å². The van der Waals surface area contributed by atoms with E-state index in [1.54, 1.807) is 29.2 Å². The average Bonchev–Trinajstić information content (AvgIpc) is 3.41. The Labute approximate surface area is 163 Å². The number of anilines is 1. The third kappa shape index (κ3) is 3.80. The smallest absolute Gasteiger partial charge is 0.154 e. The molecular weight excluding hydrogens is 354 g/mol. The molecule has 1 aliphatic rings. The molecule has 0 bridgehead atoms. The van der Waals surface area contributed by atoms with Crippen molar-refractivity contribution in [2.75, 3.05) is 24.5 Å². The van der Waals surface area contributed by atoms with Crippen molar-refractivity contribution >= 4 is 5.82 Å². The highest BCUT2D eigenvalue weighted by molar-refractivity contribution is 5.53. The van der Waals surface area contributed by atoms with Gasteiger partial charge in [0.15, 0.2) is 17.3 Å². The van der Waals surface area contributed by atoms with E-state index in [9.17, 15) is 5.26 Å². The van der Waals surface area contributed by atoms with E-state index < -0.39 is 0 Å². The lowest BCUT2D eigenvalue weighted by atomic mass is 10.2. The minimum absolute atomic E-state index is 0.509. The topological polar surface area (TPSA) is 106 Å². The van der Waals surface area contributed by atoms with E-state index in [2.05, 4.69) is 26.3 Å². The quantitative estimate of drug-likeness (QED) is 0.705. The van der Waals surface area contributed by atoms with E-state index in [-0.39, 0.29) is 0 Å². The first-order chi connectivity index (χ1) is 13.8. The summed E-state index contributed by atoms with van der Waals surface area (Å²) in [5, 5.41) is 22.0. The maximum atomic E-state index is 9.28. The Kier molecular flexibility index (Phi) is 5.17. The molecule has 0 saturated carbocycles. The zero-order valence-electron chi connectivity index (χ0n) is 15.5. The second kappa shape index (κ2) is 8.06. The van der Waals surface area contributed by atoms with Gasteiger partial charge in [-0.05, 0) is 43.5 Å². The number of ether oxygens (including phenoxy) is 1. The summed E-state index contributed by atoms with van der Waals surface area (Å²) in [6.07, 6.45) is 8.35. The van der Waals surface area contributed by atoms with Crippen LogP contribution < -0.4 is 15.4 Å². The number of hydrogen-bond acceptors (Lipinski definition) is 7. The van der Waals surface area contributed by atoms with Gasteiger partial charge in [-0.1, -0.05) is 0 Å². The number of nitriles is 1. The monoisotopic (exact) mass is 375 g/mol. The van der Waals surface area contributed by atoms with Gasteiger partial charge in [0.1, 0.15) is 5.69 Å². The molecule has 1 saturated heterocycles. The molecule has 28 heavy (non-hydrogen) atoms. The van der Waals surface area contributed by atoms with E-state index in [4.69, 9.17) is 10.5 Å². The summed E-state index contributed by atoms with van der Waals surface area (Å²) in [6, 6.07) is 9.30. The van der Waals surface area contributed by atoms with Crippen molar-refractivity contribution in [2.24, 2.45) is 5.73 Å². The molecule has 1 fully saturated rings.